The summed E-state index contributed by atoms with van der Waals surface area (Å²) in [5.74, 6) is 0.385. The quantitative estimate of drug-likeness (QED) is 0.802. The third kappa shape index (κ3) is 2.48. The van der Waals surface area contributed by atoms with Crippen molar-refractivity contribution in [1.29, 1.82) is 0 Å². The zero-order chi connectivity index (χ0) is 14.8. The number of ether oxygens (including phenoxy) is 1. The molecule has 21 heavy (non-hydrogen) atoms. The van der Waals surface area contributed by atoms with Crippen LogP contribution in [-0.2, 0) is 13.0 Å². The molecular formula is C16H15FN2O2. The molecule has 0 saturated heterocycles. The van der Waals surface area contributed by atoms with Gasteiger partial charge in [0.1, 0.15) is 5.75 Å². The molecular weight excluding hydrogens is 271 g/mol. The van der Waals surface area contributed by atoms with Gasteiger partial charge in [-0.05, 0) is 29.8 Å². The van der Waals surface area contributed by atoms with Crippen LogP contribution >= 0.6 is 0 Å². The number of pyridine rings is 1. The molecule has 1 aromatic carbocycles. The number of aromatic nitrogens is 2. The summed E-state index contributed by atoms with van der Waals surface area (Å²) in [4.78, 5) is 4.32. The van der Waals surface area contributed by atoms with Gasteiger partial charge in [0.15, 0.2) is 11.5 Å². The molecule has 4 nitrogen and oxygen atoms in total. The molecule has 5 heteroatoms. The van der Waals surface area contributed by atoms with E-state index < -0.39 is 5.82 Å². The predicted octanol–water partition coefficient (Wildman–Crippen LogP) is 2.57. The molecule has 0 amide bonds. The topological polar surface area (TPSA) is 46.8 Å². The number of hydrogen-bond donors (Lipinski definition) is 1. The van der Waals surface area contributed by atoms with Gasteiger partial charge in [-0.3, -0.25) is 4.40 Å². The number of rotatable bonds is 4. The molecule has 0 spiro atoms. The average molecular weight is 286 g/mol. The van der Waals surface area contributed by atoms with Gasteiger partial charge in [0.05, 0.1) is 25.1 Å². The molecule has 2 aromatic heterocycles. The maximum absolute atomic E-state index is 13.8. The molecule has 2 heterocycles. The van der Waals surface area contributed by atoms with Crippen LogP contribution in [0.5, 0.6) is 5.75 Å². The molecule has 0 aliphatic rings. The summed E-state index contributed by atoms with van der Waals surface area (Å²) < 4.78 is 20.5. The van der Waals surface area contributed by atoms with Crippen LogP contribution in [0.4, 0.5) is 4.39 Å². The minimum absolute atomic E-state index is 0.184. The van der Waals surface area contributed by atoms with Crippen molar-refractivity contribution < 1.29 is 14.2 Å². The van der Waals surface area contributed by atoms with E-state index in [0.29, 0.717) is 17.8 Å². The van der Waals surface area contributed by atoms with Crippen molar-refractivity contribution in [1.82, 2.24) is 9.38 Å². The fraction of sp³-hybridized carbons (Fsp3) is 0.188. The van der Waals surface area contributed by atoms with Gasteiger partial charge in [0.25, 0.3) is 0 Å². The second-order valence-electron chi connectivity index (χ2n) is 4.74. The van der Waals surface area contributed by atoms with Gasteiger partial charge in [0.2, 0.25) is 0 Å². The summed E-state index contributed by atoms with van der Waals surface area (Å²) in [7, 11) is 1.61. The van der Waals surface area contributed by atoms with E-state index in [4.69, 9.17) is 4.74 Å². The SMILES string of the molecule is COc1ccc(Cc2nc3c(F)cccn3c2CO)cc1. The molecule has 0 fully saturated rings. The van der Waals surface area contributed by atoms with E-state index in [-0.39, 0.29) is 12.3 Å². The summed E-state index contributed by atoms with van der Waals surface area (Å²) in [6.45, 7) is -0.184. The van der Waals surface area contributed by atoms with E-state index in [2.05, 4.69) is 4.98 Å². The lowest BCUT2D eigenvalue weighted by Crippen LogP contribution is -1.98. The van der Waals surface area contributed by atoms with Gasteiger partial charge >= 0.3 is 0 Å². The normalized spacial score (nSPS) is 11.0. The minimum Gasteiger partial charge on any atom is -0.497 e. The van der Waals surface area contributed by atoms with Gasteiger partial charge in [-0.15, -0.1) is 0 Å². The third-order valence-electron chi connectivity index (χ3n) is 3.46. The number of nitrogens with zero attached hydrogens (tertiary/aromatic N) is 2. The van der Waals surface area contributed by atoms with Crippen LogP contribution in [0.2, 0.25) is 0 Å². The first-order valence-corrected chi connectivity index (χ1v) is 6.61. The molecule has 0 aliphatic heterocycles. The zero-order valence-electron chi connectivity index (χ0n) is 11.6. The van der Waals surface area contributed by atoms with Crippen molar-refractivity contribution in [3.05, 3.63) is 65.4 Å². The lowest BCUT2D eigenvalue weighted by atomic mass is 10.1. The molecule has 0 atom stereocenters. The average Bonchev–Trinajstić information content (AvgIpc) is 2.87. The monoisotopic (exact) mass is 286 g/mol. The van der Waals surface area contributed by atoms with Crippen LogP contribution in [0.25, 0.3) is 5.65 Å². The van der Waals surface area contributed by atoms with E-state index in [1.54, 1.807) is 23.8 Å². The maximum Gasteiger partial charge on any atom is 0.173 e. The Hall–Kier alpha value is -2.40. The maximum atomic E-state index is 13.8. The van der Waals surface area contributed by atoms with Gasteiger partial charge in [-0.1, -0.05) is 12.1 Å². The standard InChI is InChI=1S/C16H15FN2O2/c1-21-12-6-4-11(5-7-12)9-14-15(10-20)19-8-2-3-13(17)16(19)18-14/h2-8,20H,9-10H2,1H3. The van der Waals surface area contributed by atoms with E-state index in [9.17, 15) is 9.50 Å². The molecule has 0 bridgehead atoms. The molecule has 3 aromatic rings. The summed E-state index contributed by atoms with van der Waals surface area (Å²) in [5, 5.41) is 9.55. The Balaban J connectivity index is 2.01. The number of aliphatic hydroxyl groups excluding tert-OH is 1. The highest BCUT2D eigenvalue weighted by atomic mass is 19.1. The van der Waals surface area contributed by atoms with Gasteiger partial charge in [-0.25, -0.2) is 9.37 Å². The molecule has 0 aliphatic carbocycles. The van der Waals surface area contributed by atoms with Gasteiger partial charge < -0.3 is 9.84 Å². The second-order valence-corrected chi connectivity index (χ2v) is 4.74. The first-order valence-electron chi connectivity index (χ1n) is 6.61. The van der Waals surface area contributed by atoms with Crippen molar-refractivity contribution in [2.45, 2.75) is 13.0 Å². The number of benzene rings is 1. The highest BCUT2D eigenvalue weighted by Gasteiger charge is 2.14. The summed E-state index contributed by atoms with van der Waals surface area (Å²) in [6, 6.07) is 10.6. The van der Waals surface area contributed by atoms with Crippen LogP contribution in [0, 0.1) is 5.82 Å². The van der Waals surface area contributed by atoms with E-state index in [1.807, 2.05) is 24.3 Å². The molecule has 1 N–H and O–H groups in total. The molecule has 108 valence electrons. The smallest absolute Gasteiger partial charge is 0.173 e. The Labute approximate surface area is 121 Å². The van der Waals surface area contributed by atoms with Gasteiger partial charge in [0, 0.05) is 12.6 Å². The first kappa shape index (κ1) is 13.6. The fourth-order valence-corrected chi connectivity index (χ4v) is 2.38. The minimum atomic E-state index is -0.395. The Bertz CT molecular complexity index is 766. The number of fused-ring (bicyclic) bond motifs is 1. The number of imidazole rings is 1. The van der Waals surface area contributed by atoms with Crippen LogP contribution in [0.1, 0.15) is 17.0 Å². The summed E-state index contributed by atoms with van der Waals surface area (Å²) in [6.07, 6.45) is 2.23. The third-order valence-corrected chi connectivity index (χ3v) is 3.46. The number of methoxy groups -OCH3 is 1. The highest BCUT2D eigenvalue weighted by Crippen LogP contribution is 2.20. The van der Waals surface area contributed by atoms with E-state index >= 15 is 0 Å². The predicted molar refractivity (Wildman–Crippen MR) is 76.9 cm³/mol. The zero-order valence-corrected chi connectivity index (χ0v) is 11.6. The molecule has 0 saturated carbocycles. The molecule has 3 rings (SSSR count). The van der Waals surface area contributed by atoms with Crippen LogP contribution in [-0.4, -0.2) is 21.6 Å². The van der Waals surface area contributed by atoms with Crippen LogP contribution in [0.3, 0.4) is 0 Å². The number of hydrogen-bond acceptors (Lipinski definition) is 3. The first-order chi connectivity index (χ1) is 10.2. The van der Waals surface area contributed by atoms with Crippen LogP contribution < -0.4 is 4.74 Å². The largest absolute Gasteiger partial charge is 0.497 e. The lowest BCUT2D eigenvalue weighted by molar-refractivity contribution is 0.274. The van der Waals surface area contributed by atoms with E-state index in [1.165, 1.54) is 6.07 Å². The van der Waals surface area contributed by atoms with Crippen molar-refractivity contribution in [3.63, 3.8) is 0 Å². The van der Waals surface area contributed by atoms with Crippen molar-refractivity contribution in [3.8, 4) is 5.75 Å². The second kappa shape index (κ2) is 5.54. The Morgan fingerprint density at radius 3 is 2.67 bits per heavy atom. The highest BCUT2D eigenvalue weighted by molar-refractivity contribution is 5.46. The van der Waals surface area contributed by atoms with Crippen molar-refractivity contribution in [2.24, 2.45) is 0 Å². The fourth-order valence-electron chi connectivity index (χ4n) is 2.38. The lowest BCUT2D eigenvalue weighted by Gasteiger charge is -2.04. The number of aliphatic hydroxyl groups is 1. The van der Waals surface area contributed by atoms with Crippen molar-refractivity contribution >= 4 is 5.65 Å². The van der Waals surface area contributed by atoms with Gasteiger partial charge in [-0.2, -0.15) is 0 Å². The van der Waals surface area contributed by atoms with E-state index in [0.717, 1.165) is 11.3 Å². The Morgan fingerprint density at radius 2 is 2.00 bits per heavy atom. The Morgan fingerprint density at radius 1 is 1.24 bits per heavy atom. The molecule has 0 radical (unpaired) electrons. The van der Waals surface area contributed by atoms with Crippen LogP contribution in [0.15, 0.2) is 42.6 Å². The Kier molecular flexibility index (Phi) is 3.58. The summed E-state index contributed by atoms with van der Waals surface area (Å²) >= 11 is 0. The molecule has 0 unspecified atom stereocenters. The summed E-state index contributed by atoms with van der Waals surface area (Å²) in [5.41, 5.74) is 2.55. The van der Waals surface area contributed by atoms with Crippen molar-refractivity contribution in [2.75, 3.05) is 7.11 Å². The number of halogens is 1.